The zero-order valence-corrected chi connectivity index (χ0v) is 10.6. The molecule has 0 radical (unpaired) electrons. The maximum atomic E-state index is 11.9. The number of nitrogens with two attached hydrogens (primary N) is 1. The molecule has 102 valence electrons. The molecule has 0 aliphatic carbocycles. The molecule has 0 spiro atoms. The first-order chi connectivity index (χ1) is 9.05. The molecule has 2 N–H and O–H groups in total. The van der Waals surface area contributed by atoms with Gasteiger partial charge in [-0.05, 0) is 0 Å². The van der Waals surface area contributed by atoms with Crippen LogP contribution in [0.25, 0.3) is 0 Å². The molecule has 1 fully saturated rings. The Bertz CT molecular complexity index is 519. The number of nitrogens with zero attached hydrogens (tertiary/aromatic N) is 3. The van der Waals surface area contributed by atoms with Gasteiger partial charge >= 0.3 is 5.97 Å². The smallest absolute Gasteiger partial charge is 0.311 e. The molecule has 1 aromatic rings. The van der Waals surface area contributed by atoms with Gasteiger partial charge in [0, 0.05) is 19.0 Å². The van der Waals surface area contributed by atoms with Crippen molar-refractivity contribution >= 4 is 23.6 Å². The van der Waals surface area contributed by atoms with Crippen molar-refractivity contribution in [3.05, 3.63) is 6.07 Å². The topological polar surface area (TPSA) is 108 Å². The molecule has 19 heavy (non-hydrogen) atoms. The average molecular weight is 266 g/mol. The normalized spacial score (nSPS) is 18.5. The summed E-state index contributed by atoms with van der Waals surface area (Å²) in [6.45, 7) is 0.179. The summed E-state index contributed by atoms with van der Waals surface area (Å²) in [5, 5.41) is 0. The lowest BCUT2D eigenvalue weighted by Crippen LogP contribution is -2.28. The summed E-state index contributed by atoms with van der Waals surface area (Å²) < 4.78 is 9.59. The van der Waals surface area contributed by atoms with Crippen molar-refractivity contribution in [2.45, 2.75) is 6.42 Å². The van der Waals surface area contributed by atoms with E-state index in [0.717, 1.165) is 0 Å². The fourth-order valence-electron chi connectivity index (χ4n) is 1.88. The second-order valence-electron chi connectivity index (χ2n) is 4.06. The van der Waals surface area contributed by atoms with Gasteiger partial charge in [-0.2, -0.15) is 9.97 Å². The molecule has 8 heteroatoms. The van der Waals surface area contributed by atoms with Crippen LogP contribution in [0.15, 0.2) is 6.07 Å². The Balaban J connectivity index is 2.25. The number of methoxy groups -OCH3 is 2. The van der Waals surface area contributed by atoms with Gasteiger partial charge in [0.1, 0.15) is 5.82 Å². The van der Waals surface area contributed by atoms with Crippen LogP contribution in [0.5, 0.6) is 5.88 Å². The van der Waals surface area contributed by atoms with Crippen LogP contribution in [0, 0.1) is 5.92 Å². The van der Waals surface area contributed by atoms with Crippen molar-refractivity contribution in [2.75, 3.05) is 31.4 Å². The molecular formula is C11H14N4O4. The van der Waals surface area contributed by atoms with Crippen LogP contribution in [0.2, 0.25) is 0 Å². The van der Waals surface area contributed by atoms with E-state index in [1.54, 1.807) is 0 Å². The molecule has 1 aromatic heterocycles. The number of carbonyl (C=O) groups excluding carboxylic acids is 2. The summed E-state index contributed by atoms with van der Waals surface area (Å²) >= 11 is 0. The third-order valence-electron chi connectivity index (χ3n) is 2.82. The van der Waals surface area contributed by atoms with Gasteiger partial charge in [0.05, 0.1) is 20.1 Å². The number of ether oxygens (including phenoxy) is 2. The Morgan fingerprint density at radius 3 is 2.84 bits per heavy atom. The minimum absolute atomic E-state index is 0.0765. The number of esters is 1. The van der Waals surface area contributed by atoms with Gasteiger partial charge in [-0.15, -0.1) is 0 Å². The lowest BCUT2D eigenvalue weighted by Gasteiger charge is -2.15. The zero-order valence-electron chi connectivity index (χ0n) is 10.6. The summed E-state index contributed by atoms with van der Waals surface area (Å²) in [5.41, 5.74) is 5.61. The van der Waals surface area contributed by atoms with E-state index in [-0.39, 0.29) is 36.5 Å². The fourth-order valence-corrected chi connectivity index (χ4v) is 1.88. The van der Waals surface area contributed by atoms with Gasteiger partial charge in [-0.3, -0.25) is 14.5 Å². The number of amides is 1. The van der Waals surface area contributed by atoms with Crippen LogP contribution in [0.3, 0.4) is 0 Å². The van der Waals surface area contributed by atoms with Crippen molar-refractivity contribution in [1.82, 2.24) is 9.97 Å². The van der Waals surface area contributed by atoms with Crippen molar-refractivity contribution in [2.24, 2.45) is 5.92 Å². The average Bonchev–Trinajstić information content (AvgIpc) is 2.79. The van der Waals surface area contributed by atoms with Crippen molar-refractivity contribution in [3.8, 4) is 5.88 Å². The van der Waals surface area contributed by atoms with Gasteiger partial charge < -0.3 is 15.2 Å². The summed E-state index contributed by atoms with van der Waals surface area (Å²) in [4.78, 5) is 32.6. The molecule has 0 bridgehead atoms. The van der Waals surface area contributed by atoms with Crippen LogP contribution in [0.1, 0.15) is 6.42 Å². The molecule has 1 atom stereocenters. The highest BCUT2D eigenvalue weighted by Crippen LogP contribution is 2.25. The molecule has 1 saturated heterocycles. The van der Waals surface area contributed by atoms with E-state index < -0.39 is 11.9 Å². The molecule has 1 aliphatic rings. The molecule has 8 nitrogen and oxygen atoms in total. The number of anilines is 2. The van der Waals surface area contributed by atoms with Crippen molar-refractivity contribution in [1.29, 1.82) is 0 Å². The van der Waals surface area contributed by atoms with Crippen LogP contribution >= 0.6 is 0 Å². The van der Waals surface area contributed by atoms with E-state index in [1.165, 1.54) is 25.2 Å². The molecular weight excluding hydrogens is 252 g/mol. The Morgan fingerprint density at radius 1 is 1.47 bits per heavy atom. The number of hydrogen-bond acceptors (Lipinski definition) is 7. The fraction of sp³-hybridized carbons (Fsp3) is 0.455. The number of rotatable bonds is 3. The summed E-state index contributed by atoms with van der Waals surface area (Å²) in [5.74, 6) is -0.593. The minimum atomic E-state index is -0.506. The zero-order chi connectivity index (χ0) is 14.0. The minimum Gasteiger partial charge on any atom is -0.481 e. The third-order valence-corrected chi connectivity index (χ3v) is 2.82. The number of nitrogen functional groups attached to an aromatic ring is 1. The lowest BCUT2D eigenvalue weighted by molar-refractivity contribution is -0.145. The van der Waals surface area contributed by atoms with Crippen molar-refractivity contribution < 1.29 is 19.1 Å². The predicted octanol–water partition coefficient (Wildman–Crippen LogP) is -0.407. The van der Waals surface area contributed by atoms with Gasteiger partial charge in [0.25, 0.3) is 0 Å². The first-order valence-electron chi connectivity index (χ1n) is 5.62. The first kappa shape index (κ1) is 13.1. The van der Waals surface area contributed by atoms with E-state index in [4.69, 9.17) is 10.5 Å². The molecule has 1 unspecified atom stereocenters. The second kappa shape index (κ2) is 5.09. The molecule has 2 heterocycles. The standard InChI is InChI=1S/C11H14N4O4/c1-18-8-4-7(12)13-11(14-8)15-5-6(3-9(15)16)10(17)19-2/h4,6H,3,5H2,1-2H3,(H2,12,13,14). The Morgan fingerprint density at radius 2 is 2.21 bits per heavy atom. The highest BCUT2D eigenvalue weighted by Gasteiger charge is 2.37. The van der Waals surface area contributed by atoms with Gasteiger partial charge in [-0.25, -0.2) is 0 Å². The van der Waals surface area contributed by atoms with Crippen LogP contribution < -0.4 is 15.4 Å². The Hall–Kier alpha value is -2.38. The third kappa shape index (κ3) is 2.56. The highest BCUT2D eigenvalue weighted by molar-refractivity contribution is 5.98. The van der Waals surface area contributed by atoms with E-state index in [2.05, 4.69) is 14.7 Å². The molecule has 1 aliphatic heterocycles. The quantitative estimate of drug-likeness (QED) is 0.741. The lowest BCUT2D eigenvalue weighted by atomic mass is 10.1. The van der Waals surface area contributed by atoms with Crippen molar-refractivity contribution in [3.63, 3.8) is 0 Å². The SMILES string of the molecule is COC(=O)C1CC(=O)N(c2nc(N)cc(OC)n2)C1. The van der Waals surface area contributed by atoms with Crippen LogP contribution in [0.4, 0.5) is 11.8 Å². The summed E-state index contributed by atoms with van der Waals surface area (Å²) in [6.07, 6.45) is 0.0765. The maximum Gasteiger partial charge on any atom is 0.311 e. The van der Waals surface area contributed by atoms with E-state index in [9.17, 15) is 9.59 Å². The largest absolute Gasteiger partial charge is 0.481 e. The van der Waals surface area contributed by atoms with E-state index in [1.807, 2.05) is 0 Å². The monoisotopic (exact) mass is 266 g/mol. The number of aromatic nitrogens is 2. The molecule has 0 saturated carbocycles. The summed E-state index contributed by atoms with van der Waals surface area (Å²) in [6, 6.07) is 1.45. The van der Waals surface area contributed by atoms with Gasteiger partial charge in [-0.1, -0.05) is 0 Å². The molecule has 2 rings (SSSR count). The van der Waals surface area contributed by atoms with Crippen LogP contribution in [-0.2, 0) is 14.3 Å². The first-order valence-corrected chi connectivity index (χ1v) is 5.62. The second-order valence-corrected chi connectivity index (χ2v) is 4.06. The van der Waals surface area contributed by atoms with Gasteiger partial charge in [0.2, 0.25) is 17.7 Å². The van der Waals surface area contributed by atoms with Crippen LogP contribution in [-0.4, -0.2) is 42.6 Å². The highest BCUT2D eigenvalue weighted by atomic mass is 16.5. The van der Waals surface area contributed by atoms with Gasteiger partial charge in [0.15, 0.2) is 0 Å². The van der Waals surface area contributed by atoms with E-state index in [0.29, 0.717) is 0 Å². The Kier molecular flexibility index (Phi) is 3.50. The maximum absolute atomic E-state index is 11.9. The van der Waals surface area contributed by atoms with E-state index >= 15 is 0 Å². The number of hydrogen-bond donors (Lipinski definition) is 1. The Labute approximate surface area is 109 Å². The molecule has 0 aromatic carbocycles. The predicted molar refractivity (Wildman–Crippen MR) is 65.5 cm³/mol. The summed E-state index contributed by atoms with van der Waals surface area (Å²) in [7, 11) is 2.73. The molecule has 1 amide bonds. The number of carbonyl (C=O) groups is 2.